The molecule has 706 valence electrons. The molecule has 0 spiro atoms. The average molecular weight is 1840 g/mol. The molecule has 2 aromatic rings. The van der Waals surface area contributed by atoms with Crippen molar-refractivity contribution < 1.29 is 134 Å². The van der Waals surface area contributed by atoms with E-state index in [1.165, 1.54) is 37.4 Å². The van der Waals surface area contributed by atoms with E-state index in [-0.39, 0.29) is 177 Å². The first-order valence-electron chi connectivity index (χ1n) is 40.8. The Hall–Kier alpha value is -9.99. The number of halogens is 1. The molecule has 126 heavy (non-hydrogen) atoms. The van der Waals surface area contributed by atoms with E-state index < -0.39 is 145 Å². The minimum absolute atomic E-state index is 0.00557. The number of carbonyl (C=O) groups is 15. The Kier molecular flexibility index (Phi) is 61.3. The number of oxime groups is 1. The van der Waals surface area contributed by atoms with Crippen molar-refractivity contribution in [1.82, 2.24) is 69.1 Å². The second-order valence-corrected chi connectivity index (χ2v) is 30.7. The third-order valence-electron chi connectivity index (χ3n) is 16.7. The maximum atomic E-state index is 14.6. The van der Waals surface area contributed by atoms with Gasteiger partial charge in [0, 0.05) is 76.2 Å². The number of aliphatic carboxylic acids is 1. The molecule has 13 amide bonds. The van der Waals surface area contributed by atoms with Gasteiger partial charge in [-0.2, -0.15) is 0 Å². The lowest BCUT2D eigenvalue weighted by molar-refractivity contribution is -0.141. The van der Waals surface area contributed by atoms with Crippen LogP contribution in [-0.2, 0) is 131 Å². The lowest BCUT2D eigenvalue weighted by Crippen LogP contribution is -2.60. The molecular weight excluding hydrogens is 1720 g/mol. The average Bonchev–Trinajstić information content (AvgIpc) is 1.11. The zero-order valence-electron chi connectivity index (χ0n) is 71.1. The van der Waals surface area contributed by atoms with Gasteiger partial charge in [-0.3, -0.25) is 76.9 Å². The van der Waals surface area contributed by atoms with E-state index in [4.69, 9.17) is 63.7 Å². The summed E-state index contributed by atoms with van der Waals surface area (Å²) in [4.78, 5) is 207. The monoisotopic (exact) mass is 1840 g/mol. The van der Waals surface area contributed by atoms with Crippen molar-refractivity contribution in [1.29, 1.82) is 0 Å². The van der Waals surface area contributed by atoms with Crippen LogP contribution in [0.4, 0.5) is 4.39 Å². The summed E-state index contributed by atoms with van der Waals surface area (Å²) < 4.78 is 66.3. The minimum atomic E-state index is -1.83. The Morgan fingerprint density at radius 3 is 1.48 bits per heavy atom. The highest BCUT2D eigenvalue weighted by Gasteiger charge is 2.36. The number of benzene rings is 2. The summed E-state index contributed by atoms with van der Waals surface area (Å²) in [6.45, 7) is 8.91. The van der Waals surface area contributed by atoms with Crippen LogP contribution in [-0.4, -0.2) is 356 Å². The predicted octanol–water partition coefficient (Wildman–Crippen LogP) is -4.87. The number of ether oxygens (including phenoxy) is 10. The van der Waals surface area contributed by atoms with Crippen molar-refractivity contribution in [2.45, 2.75) is 108 Å². The molecule has 2 heterocycles. The van der Waals surface area contributed by atoms with Gasteiger partial charge in [0.2, 0.25) is 70.9 Å². The van der Waals surface area contributed by atoms with Gasteiger partial charge in [0.1, 0.15) is 74.5 Å². The zero-order valence-corrected chi connectivity index (χ0v) is 73.6. The van der Waals surface area contributed by atoms with Crippen LogP contribution in [0.15, 0.2) is 64.7 Å². The molecule has 18 N–H and O–H groups in total. The summed E-state index contributed by atoms with van der Waals surface area (Å²) in [5.74, 6) is -13.5. The van der Waals surface area contributed by atoms with Gasteiger partial charge in [-0.05, 0) is 76.1 Å². The molecule has 0 unspecified atom stereocenters. The van der Waals surface area contributed by atoms with Gasteiger partial charge in [0.05, 0.1) is 117 Å². The SMILES string of the molecule is CCOCCNC(=O)COCC(C)=O.CCOCCOCCNC(=O)[C@@H]1CSCC(=O)N[C@@H](CCCCNC(=O)COCC(=O)NCCOCCOCCOCCOCCOCCNC(=O)CO/N=C/c2ccc([18F])cc2)C(=O)N[C@H]2CSSC[C@H](NC(=O)[C@H](CC(=O)O)NC(=O)CNC(=O)[C@H](CCCN=C(N)N)NC2=O)C(=O)N[C@@H](Cc2ccccc2)C(=O)N1. The fourth-order valence-electron chi connectivity index (χ4n) is 10.5. The molecular formula is C78H122FN17O27S3. The first-order valence-corrected chi connectivity index (χ1v) is 44.4. The number of thioether (sulfide) groups is 1. The normalized spacial score (nSPS) is 18.2. The number of carbonyl (C=O) groups excluding carboxylic acids is 14. The quantitative estimate of drug-likeness (QED) is 0.00971. The van der Waals surface area contributed by atoms with E-state index in [0.29, 0.717) is 83.7 Å². The molecule has 2 aliphatic heterocycles. The summed E-state index contributed by atoms with van der Waals surface area (Å²) in [6, 6.07) is 3.46. The van der Waals surface area contributed by atoms with E-state index in [0.717, 1.165) is 33.3 Å². The van der Waals surface area contributed by atoms with E-state index >= 15 is 0 Å². The van der Waals surface area contributed by atoms with Crippen LogP contribution < -0.4 is 80.6 Å². The van der Waals surface area contributed by atoms with Crippen molar-refractivity contribution in [3.8, 4) is 0 Å². The number of rotatable bonds is 55. The first kappa shape index (κ1) is 110. The van der Waals surface area contributed by atoms with Crippen LogP contribution in [0.5, 0.6) is 0 Å². The summed E-state index contributed by atoms with van der Waals surface area (Å²) in [5, 5.41) is 47.2. The third-order valence-corrected chi connectivity index (χ3v) is 20.1. The smallest absolute Gasteiger partial charge is 0.305 e. The summed E-state index contributed by atoms with van der Waals surface area (Å²) in [7, 11) is 1.82. The van der Waals surface area contributed by atoms with Crippen LogP contribution >= 0.6 is 33.3 Å². The number of aliphatic imine (C=N–C) groups is 1. The molecule has 0 saturated carbocycles. The molecule has 0 aromatic heterocycles. The number of nitrogens with two attached hydrogens (primary N) is 2. The van der Waals surface area contributed by atoms with Crippen molar-refractivity contribution in [2.24, 2.45) is 21.6 Å². The van der Waals surface area contributed by atoms with Crippen molar-refractivity contribution in [3.63, 3.8) is 0 Å². The van der Waals surface area contributed by atoms with Gasteiger partial charge >= 0.3 is 5.97 Å². The summed E-state index contributed by atoms with van der Waals surface area (Å²) >= 11 is 0.899. The number of nitrogens with zero attached hydrogens (tertiary/aromatic N) is 2. The molecule has 44 nitrogen and oxygen atoms in total. The van der Waals surface area contributed by atoms with Crippen LogP contribution in [0.3, 0.4) is 0 Å². The lowest BCUT2D eigenvalue weighted by atomic mass is 10.0. The van der Waals surface area contributed by atoms with Gasteiger partial charge in [0.25, 0.3) is 5.91 Å². The van der Waals surface area contributed by atoms with Crippen molar-refractivity contribution in [3.05, 3.63) is 71.5 Å². The Morgan fingerprint density at radius 2 is 0.944 bits per heavy atom. The molecule has 2 saturated heterocycles. The third kappa shape index (κ3) is 56.2. The molecule has 7 atom stereocenters. The fraction of sp³-hybridized carbons (Fsp3) is 0.628. The van der Waals surface area contributed by atoms with E-state index in [1.54, 1.807) is 30.3 Å². The number of carboxylic acids is 1. The standard InChI is InChI=1S/C69H105FN16O23S3.C9H17NO4/c1-2-101-25-26-104-24-21-76-63(95)53-42-110-45-60(91)80-50(11-6-7-17-73-57(88)39-108-40-58(89)74-19-22-102-27-29-105-31-33-107-34-32-106-30-28-103-23-20-75-59(90)41-109-79-37-47-13-15-48(70)16-14-47)64(96)85-54-43-111-112-44-55(68(100)83-51(65(97)84-53)35-46-9-4-3-5-10-46)86-66(98)52(36-61(92)93)81-56(87)38-78-62(94)49(82-67(54)99)12-8-18-77-69(71)72;1-3-13-5-4-10-9(12)7-14-6-8(2)11/h3-5,9-10,13-16,37,49-55H,2,6-8,11-12,17-36,38-45H2,1H3,(H,73,88)(H,74,89)(H,75,90)(H,76,95)(H,78,94)(H,80,91)(H,81,87)(H,82,99)(H,83,100)(H,84,97)(H,85,96)(H,86,98)(H,92,93)(H4,71,72,77);3-7H2,1-2H3,(H,10,12)/b79-37+;/t49-,50-,51-,52-,53-,54-,55-;/m0./s1/i70-1;. The summed E-state index contributed by atoms with van der Waals surface area (Å²) in [6.07, 6.45) is 0.486. The Labute approximate surface area is 742 Å². The number of fused-ring (bicyclic) bond motifs is 5. The Bertz CT molecular complexity index is 3670. The number of Topliss-reactive ketones (excluding diaryl/α,β-unsaturated/α-hetero) is 1. The number of nitrogens with one attached hydrogen (secondary N) is 13. The van der Waals surface area contributed by atoms with Gasteiger partial charge in [-0.15, -0.1) is 11.8 Å². The molecule has 4 rings (SSSR count). The van der Waals surface area contributed by atoms with Crippen molar-refractivity contribution >= 4 is 134 Å². The largest absolute Gasteiger partial charge is 0.481 e. The lowest BCUT2D eigenvalue weighted by Gasteiger charge is -2.27. The number of guanidine groups is 1. The Morgan fingerprint density at radius 1 is 0.484 bits per heavy atom. The van der Waals surface area contributed by atoms with Gasteiger partial charge in [-0.25, -0.2) is 4.39 Å². The zero-order chi connectivity index (χ0) is 92.2. The number of carboxylic acid groups (broad SMARTS) is 1. The highest BCUT2D eigenvalue weighted by Crippen LogP contribution is 2.24. The Balaban J connectivity index is 0.00000267. The van der Waals surface area contributed by atoms with Gasteiger partial charge < -0.3 is 138 Å². The molecule has 0 radical (unpaired) electrons. The molecule has 2 aliphatic rings. The highest BCUT2D eigenvalue weighted by atomic mass is 33.1. The molecule has 2 bridgehead atoms. The topological polar surface area (TPSA) is 611 Å². The fourth-order valence-corrected chi connectivity index (χ4v) is 13.7. The molecule has 48 heteroatoms. The van der Waals surface area contributed by atoms with Crippen LogP contribution in [0.1, 0.15) is 70.4 Å². The number of hydrogen-bond acceptors (Lipinski definition) is 31. The van der Waals surface area contributed by atoms with Crippen LogP contribution in [0, 0.1) is 5.82 Å². The van der Waals surface area contributed by atoms with Crippen LogP contribution in [0.25, 0.3) is 0 Å². The van der Waals surface area contributed by atoms with Crippen molar-refractivity contribution in [2.75, 3.05) is 208 Å². The van der Waals surface area contributed by atoms with Crippen LogP contribution in [0.2, 0.25) is 0 Å². The number of unbranched alkanes of at least 4 members (excludes halogenated alkanes) is 1. The second-order valence-electron chi connectivity index (χ2n) is 27.1. The molecule has 0 aliphatic carbocycles. The van der Waals surface area contributed by atoms with E-state index in [9.17, 15) is 81.4 Å². The minimum Gasteiger partial charge on any atom is -0.481 e. The van der Waals surface area contributed by atoms with E-state index in [2.05, 4.69) is 79.3 Å². The molecule has 2 aromatic carbocycles. The number of amides is 13. The number of hydrogen-bond donors (Lipinski definition) is 16. The second kappa shape index (κ2) is 70.1. The maximum absolute atomic E-state index is 14.6. The number of ketones is 1. The molecule has 2 fully saturated rings. The van der Waals surface area contributed by atoms with Gasteiger partial charge in [-0.1, -0.05) is 69.2 Å². The van der Waals surface area contributed by atoms with Gasteiger partial charge in [0.15, 0.2) is 18.3 Å². The predicted molar refractivity (Wildman–Crippen MR) is 460 cm³/mol. The first-order chi connectivity index (χ1) is 60.8. The highest BCUT2D eigenvalue weighted by molar-refractivity contribution is 8.76. The maximum Gasteiger partial charge on any atom is 0.305 e. The van der Waals surface area contributed by atoms with E-state index in [1.807, 2.05) is 13.8 Å². The summed E-state index contributed by atoms with van der Waals surface area (Å²) in [5.41, 5.74) is 12.2.